The molecule has 1 N–H and O–H groups in total. The highest BCUT2D eigenvalue weighted by atomic mass is 79.9. The number of hydrogen-bond acceptors (Lipinski definition) is 3. The second-order valence-corrected chi connectivity index (χ2v) is 7.07. The molecule has 0 heterocycles. The van der Waals surface area contributed by atoms with E-state index in [1.165, 1.54) is 6.26 Å². The van der Waals surface area contributed by atoms with Crippen LogP contribution in [0.3, 0.4) is 0 Å². The van der Waals surface area contributed by atoms with Crippen molar-refractivity contribution in [2.75, 3.05) is 12.0 Å². The van der Waals surface area contributed by atoms with Crippen LogP contribution in [0, 0.1) is 6.92 Å². The van der Waals surface area contributed by atoms with Gasteiger partial charge in [-0.2, -0.15) is 0 Å². The van der Waals surface area contributed by atoms with Gasteiger partial charge in [0.1, 0.15) is 9.84 Å². The van der Waals surface area contributed by atoms with Gasteiger partial charge in [-0.25, -0.2) is 8.42 Å². The zero-order chi connectivity index (χ0) is 12.3. The van der Waals surface area contributed by atoms with Crippen LogP contribution in [0.1, 0.15) is 23.7 Å². The van der Waals surface area contributed by atoms with Crippen LogP contribution in [-0.4, -0.2) is 25.5 Å². The standard InChI is InChI=1S/C11H15BrO3S/c1-8-3-4-9(10(12)7-8)11(13)5-6-16(2,14)15/h3-4,7,11,13H,5-6H2,1-2H3. The van der Waals surface area contributed by atoms with Gasteiger partial charge in [0.2, 0.25) is 0 Å². The van der Waals surface area contributed by atoms with E-state index in [1.54, 1.807) is 0 Å². The number of halogens is 1. The fraction of sp³-hybridized carbons (Fsp3) is 0.455. The predicted octanol–water partition coefficient (Wildman–Crippen LogP) is 2.23. The van der Waals surface area contributed by atoms with Gasteiger partial charge >= 0.3 is 0 Å². The summed E-state index contributed by atoms with van der Waals surface area (Å²) >= 11 is 3.36. The number of rotatable bonds is 4. The molecule has 1 rings (SSSR count). The quantitative estimate of drug-likeness (QED) is 0.928. The molecule has 0 saturated carbocycles. The van der Waals surface area contributed by atoms with Crippen LogP contribution in [0.25, 0.3) is 0 Å². The lowest BCUT2D eigenvalue weighted by Gasteiger charge is -2.12. The van der Waals surface area contributed by atoms with Crippen LogP contribution in [0.15, 0.2) is 22.7 Å². The van der Waals surface area contributed by atoms with Crippen LogP contribution < -0.4 is 0 Å². The molecule has 5 heteroatoms. The molecular formula is C11H15BrO3S. The summed E-state index contributed by atoms with van der Waals surface area (Å²) in [5.41, 5.74) is 1.82. The fourth-order valence-electron chi connectivity index (χ4n) is 1.38. The number of benzene rings is 1. The Morgan fingerprint density at radius 1 is 1.44 bits per heavy atom. The Balaban J connectivity index is 2.77. The Labute approximate surface area is 105 Å². The highest BCUT2D eigenvalue weighted by Gasteiger charge is 2.13. The third-order valence-corrected chi connectivity index (χ3v) is 3.94. The van der Waals surface area contributed by atoms with Gasteiger partial charge in [-0.3, -0.25) is 0 Å². The van der Waals surface area contributed by atoms with E-state index in [4.69, 9.17) is 0 Å². The number of sulfone groups is 1. The molecule has 1 unspecified atom stereocenters. The summed E-state index contributed by atoms with van der Waals surface area (Å²) in [6, 6.07) is 5.61. The van der Waals surface area contributed by atoms with Crippen LogP contribution in [0.5, 0.6) is 0 Å². The normalized spacial score (nSPS) is 13.8. The van der Waals surface area contributed by atoms with E-state index >= 15 is 0 Å². The zero-order valence-corrected chi connectivity index (χ0v) is 11.7. The molecule has 1 aromatic rings. The molecule has 0 aliphatic heterocycles. The van der Waals surface area contributed by atoms with Gasteiger partial charge in [0.25, 0.3) is 0 Å². The monoisotopic (exact) mass is 306 g/mol. The Morgan fingerprint density at radius 2 is 2.06 bits per heavy atom. The third kappa shape index (κ3) is 4.23. The van der Waals surface area contributed by atoms with Crippen LogP contribution in [0.2, 0.25) is 0 Å². The minimum absolute atomic E-state index is 0.00547. The predicted molar refractivity (Wildman–Crippen MR) is 68.2 cm³/mol. The molecule has 0 fully saturated rings. The molecule has 0 saturated heterocycles. The number of aryl methyl sites for hydroxylation is 1. The van der Waals surface area contributed by atoms with Gasteiger partial charge in [0.15, 0.2) is 0 Å². The van der Waals surface area contributed by atoms with E-state index in [-0.39, 0.29) is 12.2 Å². The van der Waals surface area contributed by atoms with Gasteiger partial charge < -0.3 is 5.11 Å². The van der Waals surface area contributed by atoms with Crippen molar-refractivity contribution < 1.29 is 13.5 Å². The van der Waals surface area contributed by atoms with E-state index in [1.807, 2.05) is 25.1 Å². The summed E-state index contributed by atoms with van der Waals surface area (Å²) in [6.45, 7) is 1.96. The van der Waals surface area contributed by atoms with Crippen molar-refractivity contribution in [2.45, 2.75) is 19.4 Å². The van der Waals surface area contributed by atoms with Gasteiger partial charge in [-0.15, -0.1) is 0 Å². The molecule has 1 atom stereocenters. The average Bonchev–Trinajstić information content (AvgIpc) is 2.13. The lowest BCUT2D eigenvalue weighted by atomic mass is 10.1. The topological polar surface area (TPSA) is 54.4 Å². The highest BCUT2D eigenvalue weighted by molar-refractivity contribution is 9.10. The fourth-order valence-corrected chi connectivity index (χ4v) is 2.79. The summed E-state index contributed by atoms with van der Waals surface area (Å²) in [6.07, 6.45) is 0.648. The molecule has 0 radical (unpaired) electrons. The second-order valence-electron chi connectivity index (χ2n) is 3.96. The molecule has 0 aromatic heterocycles. The lowest BCUT2D eigenvalue weighted by Crippen LogP contribution is -2.08. The maximum Gasteiger partial charge on any atom is 0.147 e. The molecule has 90 valence electrons. The Hall–Kier alpha value is -0.390. The Morgan fingerprint density at radius 3 is 2.56 bits per heavy atom. The molecule has 0 bridgehead atoms. The molecule has 3 nitrogen and oxygen atoms in total. The second kappa shape index (κ2) is 5.29. The van der Waals surface area contributed by atoms with E-state index in [0.717, 1.165) is 15.6 Å². The van der Waals surface area contributed by atoms with Crippen molar-refractivity contribution in [1.82, 2.24) is 0 Å². The number of hydrogen-bond donors (Lipinski definition) is 1. The smallest absolute Gasteiger partial charge is 0.147 e. The summed E-state index contributed by atoms with van der Waals surface area (Å²) in [5, 5.41) is 9.86. The molecule has 1 aromatic carbocycles. The van der Waals surface area contributed by atoms with Gasteiger partial charge in [-0.05, 0) is 30.5 Å². The SMILES string of the molecule is Cc1ccc(C(O)CCS(C)(=O)=O)c(Br)c1. The first kappa shape index (κ1) is 13.7. The van der Waals surface area contributed by atoms with Gasteiger partial charge in [-0.1, -0.05) is 28.1 Å². The van der Waals surface area contributed by atoms with Crippen molar-refractivity contribution in [3.05, 3.63) is 33.8 Å². The van der Waals surface area contributed by atoms with Crippen molar-refractivity contribution in [3.63, 3.8) is 0 Å². The zero-order valence-electron chi connectivity index (χ0n) is 9.27. The lowest BCUT2D eigenvalue weighted by molar-refractivity contribution is 0.173. The van der Waals surface area contributed by atoms with Crippen molar-refractivity contribution in [1.29, 1.82) is 0 Å². The minimum Gasteiger partial charge on any atom is -0.388 e. The first-order chi connectivity index (χ1) is 7.29. The van der Waals surface area contributed by atoms with Gasteiger partial charge in [0.05, 0.1) is 11.9 Å². The van der Waals surface area contributed by atoms with Crippen LogP contribution in [-0.2, 0) is 9.84 Å². The molecule has 0 amide bonds. The molecule has 16 heavy (non-hydrogen) atoms. The van der Waals surface area contributed by atoms with E-state index in [2.05, 4.69) is 15.9 Å². The number of aliphatic hydroxyl groups is 1. The molecule has 0 aliphatic rings. The third-order valence-electron chi connectivity index (χ3n) is 2.28. The van der Waals surface area contributed by atoms with E-state index in [9.17, 15) is 13.5 Å². The molecule has 0 spiro atoms. The van der Waals surface area contributed by atoms with Crippen molar-refractivity contribution in [3.8, 4) is 0 Å². The first-order valence-corrected chi connectivity index (χ1v) is 7.77. The number of aliphatic hydroxyl groups excluding tert-OH is 1. The summed E-state index contributed by atoms with van der Waals surface area (Å²) in [7, 11) is -3.02. The Kier molecular flexibility index (Phi) is 4.52. The summed E-state index contributed by atoms with van der Waals surface area (Å²) in [5.74, 6) is -0.00547. The average molecular weight is 307 g/mol. The van der Waals surface area contributed by atoms with E-state index in [0.29, 0.717) is 0 Å². The van der Waals surface area contributed by atoms with Crippen LogP contribution >= 0.6 is 15.9 Å². The van der Waals surface area contributed by atoms with Crippen molar-refractivity contribution >= 4 is 25.8 Å². The molecule has 0 aliphatic carbocycles. The Bertz CT molecular complexity index is 468. The molecular weight excluding hydrogens is 292 g/mol. The maximum absolute atomic E-state index is 11.0. The largest absolute Gasteiger partial charge is 0.388 e. The van der Waals surface area contributed by atoms with Crippen LogP contribution in [0.4, 0.5) is 0 Å². The maximum atomic E-state index is 11.0. The van der Waals surface area contributed by atoms with Crippen molar-refractivity contribution in [2.24, 2.45) is 0 Å². The minimum atomic E-state index is -3.02. The van der Waals surface area contributed by atoms with Gasteiger partial charge in [0, 0.05) is 10.7 Å². The summed E-state index contributed by atoms with van der Waals surface area (Å²) in [4.78, 5) is 0. The van der Waals surface area contributed by atoms with E-state index < -0.39 is 15.9 Å². The highest BCUT2D eigenvalue weighted by Crippen LogP contribution is 2.26. The summed E-state index contributed by atoms with van der Waals surface area (Å²) < 4.78 is 22.8. The first-order valence-electron chi connectivity index (χ1n) is 4.91.